The van der Waals surface area contributed by atoms with Crippen molar-refractivity contribution in [2.45, 2.75) is 18.7 Å². The molecule has 4 N–H and O–H groups in total. The van der Waals surface area contributed by atoms with Crippen molar-refractivity contribution in [1.29, 1.82) is 0 Å². The van der Waals surface area contributed by atoms with Crippen LogP contribution in [0.2, 0.25) is 0 Å². The molecule has 0 amide bonds. The Hall–Kier alpha value is -2.21. The zero-order chi connectivity index (χ0) is 15.2. The second-order valence-corrected chi connectivity index (χ2v) is 5.40. The third-order valence-electron chi connectivity index (χ3n) is 2.31. The van der Waals surface area contributed by atoms with Gasteiger partial charge in [-0.25, -0.2) is 8.42 Å². The quantitative estimate of drug-likeness (QED) is 0.599. The molecule has 6 heteroatoms. The minimum atomic E-state index is -3.63. The van der Waals surface area contributed by atoms with Gasteiger partial charge in [-0.05, 0) is 48.5 Å². The van der Waals surface area contributed by atoms with Crippen LogP contribution in [-0.2, 0) is 10.0 Å². The van der Waals surface area contributed by atoms with E-state index in [9.17, 15) is 8.42 Å². The van der Waals surface area contributed by atoms with Gasteiger partial charge in [-0.3, -0.25) is 4.72 Å². The highest BCUT2D eigenvalue weighted by Crippen LogP contribution is 2.19. The van der Waals surface area contributed by atoms with E-state index in [1.165, 1.54) is 48.5 Å². The maximum Gasteiger partial charge on any atom is 0.261 e. The Balaban J connectivity index is 0.00000128. The number of hydrogen-bond acceptors (Lipinski definition) is 4. The molecule has 20 heavy (non-hydrogen) atoms. The maximum absolute atomic E-state index is 12.0. The van der Waals surface area contributed by atoms with Crippen LogP contribution in [0.4, 0.5) is 11.4 Å². The topological polar surface area (TPSA) is 92.4 Å². The molecule has 0 aliphatic heterocycles. The van der Waals surface area contributed by atoms with Crippen molar-refractivity contribution in [3.63, 3.8) is 0 Å². The van der Waals surface area contributed by atoms with Gasteiger partial charge in [0.1, 0.15) is 5.75 Å². The molecular weight excluding hydrogens is 276 g/mol. The van der Waals surface area contributed by atoms with Crippen LogP contribution in [0.25, 0.3) is 0 Å². The molecule has 0 saturated heterocycles. The highest BCUT2D eigenvalue weighted by molar-refractivity contribution is 7.92. The number of hydrogen-bond donors (Lipinski definition) is 3. The molecule has 0 saturated carbocycles. The zero-order valence-electron chi connectivity index (χ0n) is 11.4. The molecule has 0 aliphatic carbocycles. The fraction of sp³-hybridized carbons (Fsp3) is 0.143. The van der Waals surface area contributed by atoms with Crippen molar-refractivity contribution in [3.05, 3.63) is 48.5 Å². The van der Waals surface area contributed by atoms with E-state index < -0.39 is 10.0 Å². The lowest BCUT2D eigenvalue weighted by Gasteiger charge is -2.08. The molecule has 2 aromatic carbocycles. The van der Waals surface area contributed by atoms with Crippen molar-refractivity contribution in [2.24, 2.45) is 0 Å². The Kier molecular flexibility index (Phi) is 5.40. The molecule has 2 rings (SSSR count). The van der Waals surface area contributed by atoms with E-state index in [4.69, 9.17) is 10.8 Å². The van der Waals surface area contributed by atoms with E-state index in [1.54, 1.807) is 0 Å². The number of nitrogens with two attached hydrogens (primary N) is 1. The van der Waals surface area contributed by atoms with E-state index in [2.05, 4.69) is 4.72 Å². The summed E-state index contributed by atoms with van der Waals surface area (Å²) in [6, 6.07) is 11.7. The predicted octanol–water partition coefficient (Wildman–Crippen LogP) is 3.05. The van der Waals surface area contributed by atoms with Crippen molar-refractivity contribution in [1.82, 2.24) is 0 Å². The second kappa shape index (κ2) is 6.81. The lowest BCUT2D eigenvalue weighted by atomic mass is 10.3. The fourth-order valence-corrected chi connectivity index (χ4v) is 2.45. The Morgan fingerprint density at radius 1 is 1.00 bits per heavy atom. The summed E-state index contributed by atoms with van der Waals surface area (Å²) in [5.41, 5.74) is 6.37. The van der Waals surface area contributed by atoms with Crippen LogP contribution in [-0.4, -0.2) is 13.5 Å². The van der Waals surface area contributed by atoms with Gasteiger partial charge >= 0.3 is 0 Å². The van der Waals surface area contributed by atoms with Gasteiger partial charge in [-0.2, -0.15) is 0 Å². The first kappa shape index (κ1) is 15.8. The SMILES string of the molecule is CC.Nc1ccc(S(=O)(=O)Nc2ccc(O)cc2)cc1.[HH]. The molecule has 2 aromatic rings. The Morgan fingerprint density at radius 3 is 2.00 bits per heavy atom. The standard InChI is InChI=1S/C12H12N2O3S.C2H6.H2/c13-9-1-7-12(8-2-9)18(16,17)14-10-3-5-11(15)6-4-10;1-2;/h1-8,14-15H,13H2;1-2H3;1H. The minimum absolute atomic E-state index is 0. The smallest absolute Gasteiger partial charge is 0.261 e. The predicted molar refractivity (Wildman–Crippen MR) is 83.2 cm³/mol. The second-order valence-electron chi connectivity index (χ2n) is 3.72. The maximum atomic E-state index is 12.0. The van der Waals surface area contributed by atoms with Gasteiger partial charge < -0.3 is 10.8 Å². The van der Waals surface area contributed by atoms with Crippen LogP contribution in [0.5, 0.6) is 5.75 Å². The number of sulfonamides is 1. The number of rotatable bonds is 3. The summed E-state index contributed by atoms with van der Waals surface area (Å²) in [5.74, 6) is 0.0745. The summed E-state index contributed by atoms with van der Waals surface area (Å²) in [5, 5.41) is 9.11. The van der Waals surface area contributed by atoms with Gasteiger partial charge in [0.2, 0.25) is 0 Å². The first-order chi connectivity index (χ1) is 9.47. The third kappa shape index (κ3) is 4.17. The monoisotopic (exact) mass is 296 g/mol. The van der Waals surface area contributed by atoms with Crippen molar-refractivity contribution < 1.29 is 15.0 Å². The molecular formula is C14H20N2O3S. The molecule has 0 radical (unpaired) electrons. The van der Waals surface area contributed by atoms with Crippen molar-refractivity contribution >= 4 is 21.4 Å². The average molecular weight is 296 g/mol. The van der Waals surface area contributed by atoms with Gasteiger partial charge in [0.15, 0.2) is 0 Å². The Bertz CT molecular complexity index is 641. The molecule has 0 aromatic heterocycles. The number of nitrogens with one attached hydrogen (secondary N) is 1. The highest BCUT2D eigenvalue weighted by atomic mass is 32.2. The van der Waals surface area contributed by atoms with Gasteiger partial charge in [0.25, 0.3) is 10.0 Å². The summed E-state index contributed by atoms with van der Waals surface area (Å²) < 4.78 is 26.4. The fourth-order valence-electron chi connectivity index (χ4n) is 1.39. The summed E-state index contributed by atoms with van der Waals surface area (Å²) in [7, 11) is -3.63. The van der Waals surface area contributed by atoms with Gasteiger partial charge in [0, 0.05) is 12.8 Å². The third-order valence-corrected chi connectivity index (χ3v) is 3.71. The number of aromatic hydroxyl groups is 1. The van der Waals surface area contributed by atoms with Gasteiger partial charge in [-0.1, -0.05) is 13.8 Å². The molecule has 0 aliphatic rings. The van der Waals surface area contributed by atoms with E-state index in [1.807, 2.05) is 13.8 Å². The molecule has 0 heterocycles. The van der Waals surface area contributed by atoms with Crippen molar-refractivity contribution in [3.8, 4) is 5.75 Å². The largest absolute Gasteiger partial charge is 0.508 e. The number of benzene rings is 2. The number of phenols is 1. The van der Waals surface area contributed by atoms with Crippen LogP contribution in [0.1, 0.15) is 15.3 Å². The Morgan fingerprint density at radius 2 is 1.50 bits per heavy atom. The van der Waals surface area contributed by atoms with Gasteiger partial charge in [-0.15, -0.1) is 0 Å². The summed E-state index contributed by atoms with van der Waals surface area (Å²) in [6.45, 7) is 4.00. The lowest BCUT2D eigenvalue weighted by molar-refractivity contribution is 0.475. The van der Waals surface area contributed by atoms with E-state index in [-0.39, 0.29) is 12.1 Å². The average Bonchev–Trinajstić information content (AvgIpc) is 2.44. The van der Waals surface area contributed by atoms with E-state index >= 15 is 0 Å². The van der Waals surface area contributed by atoms with Gasteiger partial charge in [0.05, 0.1) is 4.90 Å². The molecule has 5 nitrogen and oxygen atoms in total. The number of anilines is 2. The van der Waals surface area contributed by atoms with Crippen LogP contribution >= 0.6 is 0 Å². The lowest BCUT2D eigenvalue weighted by Crippen LogP contribution is -2.12. The van der Waals surface area contributed by atoms with E-state index in [0.29, 0.717) is 11.4 Å². The van der Waals surface area contributed by atoms with Crippen LogP contribution < -0.4 is 10.5 Å². The molecule has 0 fully saturated rings. The molecule has 0 unspecified atom stereocenters. The molecule has 0 atom stereocenters. The molecule has 110 valence electrons. The van der Waals surface area contributed by atoms with Crippen LogP contribution in [0.15, 0.2) is 53.4 Å². The van der Waals surface area contributed by atoms with E-state index in [0.717, 1.165) is 0 Å². The summed E-state index contributed by atoms with van der Waals surface area (Å²) in [4.78, 5) is 0.129. The van der Waals surface area contributed by atoms with Crippen LogP contribution in [0.3, 0.4) is 0 Å². The Labute approximate surface area is 120 Å². The minimum Gasteiger partial charge on any atom is -0.508 e. The summed E-state index contributed by atoms with van der Waals surface area (Å²) in [6.07, 6.45) is 0. The zero-order valence-corrected chi connectivity index (χ0v) is 12.2. The number of phenolic OH excluding ortho intramolecular Hbond substituents is 1. The molecule has 0 bridgehead atoms. The first-order valence-corrected chi connectivity index (χ1v) is 7.63. The summed E-state index contributed by atoms with van der Waals surface area (Å²) >= 11 is 0. The molecule has 0 spiro atoms. The number of nitrogen functional groups attached to an aromatic ring is 1. The highest BCUT2D eigenvalue weighted by Gasteiger charge is 2.13. The van der Waals surface area contributed by atoms with Crippen LogP contribution in [0, 0.1) is 0 Å². The normalized spacial score (nSPS) is 10.3. The first-order valence-electron chi connectivity index (χ1n) is 6.15. The van der Waals surface area contributed by atoms with Crippen molar-refractivity contribution in [2.75, 3.05) is 10.5 Å².